The first-order valence-corrected chi connectivity index (χ1v) is 10.9. The highest BCUT2D eigenvalue weighted by atomic mass is 31.1. The Kier molecular flexibility index (Phi) is 6.98. The van der Waals surface area contributed by atoms with Crippen molar-refractivity contribution in [3.8, 4) is 5.75 Å². The summed E-state index contributed by atoms with van der Waals surface area (Å²) < 4.78 is 6.47. The Hall–Kier alpha value is -1.53. The van der Waals surface area contributed by atoms with E-state index in [2.05, 4.69) is 103 Å². The Labute approximate surface area is 168 Å². The normalized spacial score (nSPS) is 12.6. The molecule has 2 nitrogen and oxygen atoms in total. The number of rotatable bonds is 6. The van der Waals surface area contributed by atoms with Gasteiger partial charge in [-0.25, -0.2) is 0 Å². The van der Waals surface area contributed by atoms with Crippen LogP contribution in [-0.4, -0.2) is 13.1 Å². The van der Waals surface area contributed by atoms with Gasteiger partial charge < -0.3 is 9.42 Å². The molecule has 0 aromatic heterocycles. The molecule has 0 aliphatic heterocycles. The fraction of sp³-hybridized carbons (Fsp3) is 0.500. The second kappa shape index (κ2) is 8.65. The van der Waals surface area contributed by atoms with Crippen molar-refractivity contribution < 1.29 is 4.52 Å². The molecule has 1 atom stereocenters. The van der Waals surface area contributed by atoms with Gasteiger partial charge in [0.05, 0.1) is 0 Å². The summed E-state index contributed by atoms with van der Waals surface area (Å²) in [6.45, 7) is 20.0. The van der Waals surface area contributed by atoms with E-state index in [0.29, 0.717) is 8.81 Å². The van der Waals surface area contributed by atoms with Crippen molar-refractivity contribution >= 4 is 19.8 Å². The number of hydrogen-bond acceptors (Lipinski definition) is 2. The Balaban J connectivity index is 2.29. The first kappa shape index (κ1) is 21.8. The van der Waals surface area contributed by atoms with Crippen LogP contribution in [0.15, 0.2) is 42.5 Å². The highest BCUT2D eigenvalue weighted by Gasteiger charge is 2.26. The van der Waals surface area contributed by atoms with E-state index < -0.39 is 0 Å². The smallest absolute Gasteiger partial charge is 0.130 e. The summed E-state index contributed by atoms with van der Waals surface area (Å²) in [7, 11) is 0.306. The Bertz CT molecular complexity index is 702. The zero-order valence-corrected chi connectivity index (χ0v) is 19.3. The molecule has 0 saturated heterocycles. The van der Waals surface area contributed by atoms with Crippen LogP contribution >= 0.6 is 8.81 Å². The molecule has 0 heterocycles. The zero-order valence-electron chi connectivity index (χ0n) is 18.3. The molecule has 0 amide bonds. The van der Waals surface area contributed by atoms with E-state index in [-0.39, 0.29) is 10.8 Å². The molecule has 0 spiro atoms. The van der Waals surface area contributed by atoms with Gasteiger partial charge in [-0.1, -0.05) is 59.7 Å². The van der Waals surface area contributed by atoms with E-state index in [1.807, 2.05) is 0 Å². The maximum Gasteiger partial charge on any atom is 0.130 e. The Morgan fingerprint density at radius 1 is 0.778 bits per heavy atom. The third-order valence-electron chi connectivity index (χ3n) is 4.90. The van der Waals surface area contributed by atoms with Crippen LogP contribution in [0.3, 0.4) is 0 Å². The van der Waals surface area contributed by atoms with Crippen molar-refractivity contribution in [2.45, 2.75) is 66.2 Å². The molecule has 27 heavy (non-hydrogen) atoms. The van der Waals surface area contributed by atoms with Crippen LogP contribution in [0, 0.1) is 0 Å². The predicted octanol–water partition coefficient (Wildman–Crippen LogP) is 6.43. The number of anilines is 1. The van der Waals surface area contributed by atoms with Crippen molar-refractivity contribution in [1.29, 1.82) is 0 Å². The van der Waals surface area contributed by atoms with Gasteiger partial charge in [0, 0.05) is 35.2 Å². The maximum atomic E-state index is 6.47. The van der Waals surface area contributed by atoms with Crippen LogP contribution in [0.25, 0.3) is 0 Å². The summed E-state index contributed by atoms with van der Waals surface area (Å²) in [5.74, 6) is 1.06. The molecule has 0 N–H and O–H groups in total. The van der Waals surface area contributed by atoms with Gasteiger partial charge in [0.1, 0.15) is 14.6 Å². The molecule has 2 aromatic carbocycles. The standard InChI is InChI=1S/C24H36NOP/c1-9-25(10-2)18-14-16-19(17-15-18)27-26-22-20(23(3,4)5)12-11-13-21(22)24(6,7)8/h11-17,27H,9-10H2,1-8H3. The van der Waals surface area contributed by atoms with Crippen LogP contribution in [0.2, 0.25) is 0 Å². The lowest BCUT2D eigenvalue weighted by Crippen LogP contribution is -2.22. The lowest BCUT2D eigenvalue weighted by molar-refractivity contribution is 0.508. The molecule has 0 radical (unpaired) electrons. The molecule has 0 bridgehead atoms. The van der Waals surface area contributed by atoms with Crippen LogP contribution in [0.4, 0.5) is 5.69 Å². The van der Waals surface area contributed by atoms with E-state index in [1.165, 1.54) is 22.1 Å². The topological polar surface area (TPSA) is 12.5 Å². The highest BCUT2D eigenvalue weighted by molar-refractivity contribution is 7.42. The minimum absolute atomic E-state index is 0.0493. The molecule has 2 rings (SSSR count). The lowest BCUT2D eigenvalue weighted by Gasteiger charge is -2.29. The molecule has 1 unspecified atom stereocenters. The summed E-state index contributed by atoms with van der Waals surface area (Å²) >= 11 is 0. The lowest BCUT2D eigenvalue weighted by atomic mass is 9.80. The summed E-state index contributed by atoms with van der Waals surface area (Å²) in [6.07, 6.45) is 0. The van der Waals surface area contributed by atoms with Crippen molar-refractivity contribution in [3.63, 3.8) is 0 Å². The Morgan fingerprint density at radius 3 is 1.67 bits per heavy atom. The fourth-order valence-electron chi connectivity index (χ4n) is 3.27. The number of nitrogens with zero attached hydrogens (tertiary/aromatic N) is 1. The summed E-state index contributed by atoms with van der Waals surface area (Å²) in [5.41, 5.74) is 3.94. The van der Waals surface area contributed by atoms with Gasteiger partial charge in [0.25, 0.3) is 0 Å². The number of hydrogen-bond donors (Lipinski definition) is 0. The molecule has 2 aromatic rings. The van der Waals surface area contributed by atoms with Crippen LogP contribution in [0.5, 0.6) is 5.75 Å². The number of para-hydroxylation sites is 1. The van der Waals surface area contributed by atoms with Gasteiger partial charge in [-0.2, -0.15) is 0 Å². The summed E-state index contributed by atoms with van der Waals surface area (Å²) in [4.78, 5) is 2.36. The summed E-state index contributed by atoms with van der Waals surface area (Å²) in [6, 6.07) is 15.4. The van der Waals surface area contributed by atoms with Crippen molar-refractivity contribution in [2.24, 2.45) is 0 Å². The average molecular weight is 386 g/mol. The Morgan fingerprint density at radius 2 is 1.26 bits per heavy atom. The third kappa shape index (κ3) is 5.48. The average Bonchev–Trinajstić information content (AvgIpc) is 2.60. The SMILES string of the molecule is CCN(CC)c1ccc(POc2c(C(C)(C)C)cccc2C(C)(C)C)cc1. The first-order valence-electron chi connectivity index (χ1n) is 9.99. The van der Waals surface area contributed by atoms with E-state index in [9.17, 15) is 0 Å². The second-order valence-electron chi connectivity index (χ2n) is 9.11. The predicted molar refractivity (Wildman–Crippen MR) is 122 cm³/mol. The van der Waals surface area contributed by atoms with Crippen molar-refractivity contribution in [1.82, 2.24) is 0 Å². The van der Waals surface area contributed by atoms with E-state index in [0.717, 1.165) is 18.8 Å². The quantitative estimate of drug-likeness (QED) is 0.532. The molecule has 3 heteroatoms. The van der Waals surface area contributed by atoms with Crippen LogP contribution < -0.4 is 14.7 Å². The first-order chi connectivity index (χ1) is 12.6. The van der Waals surface area contributed by atoms with Gasteiger partial charge in [-0.15, -0.1) is 0 Å². The molecule has 0 aliphatic carbocycles. The van der Waals surface area contributed by atoms with Gasteiger partial charge in [0.15, 0.2) is 0 Å². The van der Waals surface area contributed by atoms with Crippen molar-refractivity contribution in [3.05, 3.63) is 53.6 Å². The second-order valence-corrected chi connectivity index (χ2v) is 10.1. The molecular weight excluding hydrogens is 349 g/mol. The van der Waals surface area contributed by atoms with Gasteiger partial charge in [-0.3, -0.25) is 0 Å². The molecule has 148 valence electrons. The zero-order chi connectivity index (χ0) is 20.2. The van der Waals surface area contributed by atoms with E-state index in [1.54, 1.807) is 0 Å². The number of benzene rings is 2. The van der Waals surface area contributed by atoms with E-state index >= 15 is 0 Å². The van der Waals surface area contributed by atoms with Gasteiger partial charge in [0.2, 0.25) is 0 Å². The van der Waals surface area contributed by atoms with Crippen LogP contribution in [0.1, 0.15) is 66.5 Å². The fourth-order valence-corrected chi connectivity index (χ4v) is 4.01. The van der Waals surface area contributed by atoms with E-state index in [4.69, 9.17) is 4.52 Å². The molecular formula is C24H36NOP. The highest BCUT2D eigenvalue weighted by Crippen LogP contribution is 2.41. The molecule has 0 saturated carbocycles. The molecule has 0 aliphatic rings. The maximum absolute atomic E-state index is 6.47. The van der Waals surface area contributed by atoms with Gasteiger partial charge in [-0.05, 0) is 48.9 Å². The third-order valence-corrected chi connectivity index (χ3v) is 5.77. The van der Waals surface area contributed by atoms with Crippen molar-refractivity contribution in [2.75, 3.05) is 18.0 Å². The summed E-state index contributed by atoms with van der Waals surface area (Å²) in [5, 5.41) is 1.23. The van der Waals surface area contributed by atoms with Crippen LogP contribution in [-0.2, 0) is 10.8 Å². The molecule has 0 fully saturated rings. The van der Waals surface area contributed by atoms with Gasteiger partial charge >= 0.3 is 0 Å². The largest absolute Gasteiger partial charge is 0.472 e. The monoisotopic (exact) mass is 385 g/mol. The minimum Gasteiger partial charge on any atom is -0.472 e. The minimum atomic E-state index is 0.0493.